The molecular formula is C27H21NO2. The smallest absolute Gasteiger partial charge is 0.213 e. The van der Waals surface area contributed by atoms with Gasteiger partial charge in [0.2, 0.25) is 5.88 Å². The first-order valence-electron chi connectivity index (χ1n) is 9.72. The molecule has 3 nitrogen and oxygen atoms in total. The van der Waals surface area contributed by atoms with Crippen molar-refractivity contribution in [3.63, 3.8) is 0 Å². The molecule has 0 aliphatic rings. The molecule has 1 heterocycles. The van der Waals surface area contributed by atoms with Gasteiger partial charge in [-0.1, -0.05) is 66.6 Å². The topological polar surface area (TPSA) is 31.4 Å². The summed E-state index contributed by atoms with van der Waals surface area (Å²) in [6, 6.07) is 29.7. The van der Waals surface area contributed by atoms with E-state index in [2.05, 4.69) is 10.9 Å². The zero-order valence-corrected chi connectivity index (χ0v) is 16.5. The number of benzene rings is 3. The van der Waals surface area contributed by atoms with Crippen molar-refractivity contribution < 1.29 is 9.47 Å². The molecule has 146 valence electrons. The van der Waals surface area contributed by atoms with Gasteiger partial charge in [0.25, 0.3) is 0 Å². The van der Waals surface area contributed by atoms with Crippen LogP contribution in [0.3, 0.4) is 0 Å². The lowest BCUT2D eigenvalue weighted by molar-refractivity contribution is 0.294. The molecule has 0 fully saturated rings. The summed E-state index contributed by atoms with van der Waals surface area (Å²) in [5.41, 5.74) is 4.85. The molecule has 0 N–H and O–H groups in total. The Bertz CT molecular complexity index is 1130. The Hall–Kier alpha value is -4.03. The van der Waals surface area contributed by atoms with Crippen molar-refractivity contribution in [1.82, 2.24) is 4.98 Å². The molecular weight excluding hydrogens is 370 g/mol. The molecule has 0 aliphatic heterocycles. The average Bonchev–Trinajstić information content (AvgIpc) is 2.83. The second kappa shape index (κ2) is 9.45. The summed E-state index contributed by atoms with van der Waals surface area (Å²) < 4.78 is 11.6. The Labute approximate surface area is 177 Å². The van der Waals surface area contributed by atoms with Gasteiger partial charge in [-0.05, 0) is 41.0 Å². The summed E-state index contributed by atoms with van der Waals surface area (Å²) in [5.74, 6) is 4.07. The van der Waals surface area contributed by atoms with Crippen molar-refractivity contribution in [3.8, 4) is 35.1 Å². The lowest BCUT2D eigenvalue weighted by Gasteiger charge is -2.11. The third kappa shape index (κ3) is 4.87. The van der Waals surface area contributed by atoms with Crippen molar-refractivity contribution >= 4 is 0 Å². The van der Waals surface area contributed by atoms with Crippen molar-refractivity contribution in [2.75, 3.05) is 0 Å². The van der Waals surface area contributed by atoms with Crippen LogP contribution in [-0.4, -0.2) is 4.98 Å². The molecule has 4 rings (SSSR count). The molecule has 0 spiro atoms. The van der Waals surface area contributed by atoms with E-state index in [1.807, 2.05) is 91.0 Å². The van der Waals surface area contributed by atoms with Crippen LogP contribution >= 0.6 is 0 Å². The zero-order valence-electron chi connectivity index (χ0n) is 16.5. The van der Waals surface area contributed by atoms with Gasteiger partial charge in [0, 0.05) is 23.4 Å². The Balaban J connectivity index is 1.44. The van der Waals surface area contributed by atoms with E-state index in [4.69, 9.17) is 15.9 Å². The molecule has 4 aromatic rings. The van der Waals surface area contributed by atoms with Crippen molar-refractivity contribution in [2.24, 2.45) is 0 Å². The molecule has 30 heavy (non-hydrogen) atoms. The summed E-state index contributed by atoms with van der Waals surface area (Å²) in [5, 5.41) is 0. The summed E-state index contributed by atoms with van der Waals surface area (Å²) in [6.07, 6.45) is 7.53. The minimum atomic E-state index is 0.482. The number of nitrogens with zero attached hydrogens (tertiary/aromatic N) is 1. The number of ether oxygens (including phenoxy) is 2. The number of pyridine rings is 1. The van der Waals surface area contributed by atoms with Crippen LogP contribution in [0.25, 0.3) is 11.1 Å². The van der Waals surface area contributed by atoms with Crippen molar-refractivity contribution in [2.45, 2.75) is 13.2 Å². The van der Waals surface area contributed by atoms with Crippen LogP contribution in [0.1, 0.15) is 16.7 Å². The Morgan fingerprint density at radius 2 is 1.40 bits per heavy atom. The Kier molecular flexibility index (Phi) is 6.08. The van der Waals surface area contributed by atoms with E-state index in [0.29, 0.717) is 19.1 Å². The molecule has 0 radical (unpaired) electrons. The number of hydrogen-bond acceptors (Lipinski definition) is 3. The molecule has 1 aromatic heterocycles. The van der Waals surface area contributed by atoms with Crippen molar-refractivity contribution in [3.05, 3.63) is 114 Å². The second-order valence-electron chi connectivity index (χ2n) is 6.79. The molecule has 0 aliphatic carbocycles. The highest BCUT2D eigenvalue weighted by molar-refractivity contribution is 5.71. The van der Waals surface area contributed by atoms with Gasteiger partial charge in [-0.3, -0.25) is 0 Å². The molecule has 3 aromatic carbocycles. The van der Waals surface area contributed by atoms with E-state index in [-0.39, 0.29) is 0 Å². The van der Waals surface area contributed by atoms with E-state index in [1.54, 1.807) is 6.20 Å². The van der Waals surface area contributed by atoms with Crippen LogP contribution < -0.4 is 9.47 Å². The lowest BCUT2D eigenvalue weighted by atomic mass is 10.0. The highest BCUT2D eigenvalue weighted by Crippen LogP contribution is 2.28. The van der Waals surface area contributed by atoms with Crippen LogP contribution in [0.15, 0.2) is 97.2 Å². The molecule has 0 saturated carbocycles. The standard InChI is InChI=1S/C27H21NO2/c1-2-23-17-25(29-19-21-9-5-3-6-10-21)14-15-26(23)24-13-16-27(28-18-24)30-20-22-11-7-4-8-12-22/h1,3-18H,19-20H2. The fourth-order valence-corrected chi connectivity index (χ4v) is 3.08. The summed E-state index contributed by atoms with van der Waals surface area (Å²) >= 11 is 0. The van der Waals surface area contributed by atoms with Crippen LogP contribution in [0.5, 0.6) is 11.6 Å². The van der Waals surface area contributed by atoms with Gasteiger partial charge in [-0.25, -0.2) is 4.98 Å². The van der Waals surface area contributed by atoms with Gasteiger partial charge in [0.15, 0.2) is 0 Å². The zero-order chi connectivity index (χ0) is 20.6. The monoisotopic (exact) mass is 391 g/mol. The maximum atomic E-state index is 5.89. The van der Waals surface area contributed by atoms with Gasteiger partial charge in [0.1, 0.15) is 19.0 Å². The Morgan fingerprint density at radius 1 is 0.733 bits per heavy atom. The fraction of sp³-hybridized carbons (Fsp3) is 0.0741. The van der Waals surface area contributed by atoms with Crippen LogP contribution in [-0.2, 0) is 13.2 Å². The van der Waals surface area contributed by atoms with Crippen LogP contribution in [0, 0.1) is 12.3 Å². The van der Waals surface area contributed by atoms with E-state index >= 15 is 0 Å². The highest BCUT2D eigenvalue weighted by Gasteiger charge is 2.07. The molecule has 0 unspecified atom stereocenters. The first kappa shape index (κ1) is 19.3. The van der Waals surface area contributed by atoms with Crippen LogP contribution in [0.4, 0.5) is 0 Å². The normalized spacial score (nSPS) is 10.2. The summed E-state index contributed by atoms with van der Waals surface area (Å²) in [4.78, 5) is 4.42. The third-order valence-corrected chi connectivity index (χ3v) is 4.67. The number of rotatable bonds is 7. The number of aromatic nitrogens is 1. The average molecular weight is 391 g/mol. The fourth-order valence-electron chi connectivity index (χ4n) is 3.08. The van der Waals surface area contributed by atoms with E-state index in [9.17, 15) is 0 Å². The third-order valence-electron chi connectivity index (χ3n) is 4.67. The summed E-state index contributed by atoms with van der Waals surface area (Å²) in [7, 11) is 0. The highest BCUT2D eigenvalue weighted by atomic mass is 16.5. The van der Waals surface area contributed by atoms with Gasteiger partial charge in [-0.15, -0.1) is 6.42 Å². The van der Waals surface area contributed by atoms with E-state index in [0.717, 1.165) is 33.6 Å². The quantitative estimate of drug-likeness (QED) is 0.368. The molecule has 0 amide bonds. The molecule has 0 saturated heterocycles. The predicted octanol–water partition coefficient (Wildman–Crippen LogP) is 5.89. The summed E-state index contributed by atoms with van der Waals surface area (Å²) in [6.45, 7) is 0.982. The van der Waals surface area contributed by atoms with Gasteiger partial charge < -0.3 is 9.47 Å². The van der Waals surface area contributed by atoms with E-state index in [1.165, 1.54) is 0 Å². The predicted molar refractivity (Wildman–Crippen MR) is 119 cm³/mol. The second-order valence-corrected chi connectivity index (χ2v) is 6.79. The first-order valence-corrected chi connectivity index (χ1v) is 9.72. The first-order chi connectivity index (χ1) is 14.8. The largest absolute Gasteiger partial charge is 0.489 e. The molecule has 0 atom stereocenters. The number of terminal acetylenes is 1. The van der Waals surface area contributed by atoms with Gasteiger partial charge in [0.05, 0.1) is 0 Å². The maximum absolute atomic E-state index is 5.89. The van der Waals surface area contributed by atoms with Crippen molar-refractivity contribution in [1.29, 1.82) is 0 Å². The van der Waals surface area contributed by atoms with Crippen LogP contribution in [0.2, 0.25) is 0 Å². The molecule has 3 heteroatoms. The van der Waals surface area contributed by atoms with E-state index < -0.39 is 0 Å². The Morgan fingerprint density at radius 3 is 2.00 bits per heavy atom. The SMILES string of the molecule is C#Cc1cc(OCc2ccccc2)ccc1-c1ccc(OCc2ccccc2)nc1. The molecule has 0 bridgehead atoms. The number of hydrogen-bond donors (Lipinski definition) is 0. The lowest BCUT2D eigenvalue weighted by Crippen LogP contribution is -1.97. The van der Waals surface area contributed by atoms with Gasteiger partial charge >= 0.3 is 0 Å². The minimum Gasteiger partial charge on any atom is -0.489 e. The maximum Gasteiger partial charge on any atom is 0.213 e. The minimum absolute atomic E-state index is 0.482. The van der Waals surface area contributed by atoms with Gasteiger partial charge in [-0.2, -0.15) is 0 Å².